The Balaban J connectivity index is 1.13. The van der Waals surface area contributed by atoms with E-state index in [1.165, 1.54) is 53.1 Å². The van der Waals surface area contributed by atoms with Gasteiger partial charge in [0, 0.05) is 36.7 Å². The highest BCUT2D eigenvalue weighted by Crippen LogP contribution is 2.29. The second kappa shape index (κ2) is 14.0. The summed E-state index contributed by atoms with van der Waals surface area (Å²) in [5, 5.41) is 23.8. The van der Waals surface area contributed by atoms with Crippen LogP contribution in [-0.2, 0) is 23.0 Å². The molecule has 1 unspecified atom stereocenters. The highest BCUT2D eigenvalue weighted by molar-refractivity contribution is 7.92. The van der Waals surface area contributed by atoms with Crippen LogP contribution in [0.15, 0.2) is 88.9 Å². The monoisotopic (exact) mass is 605 g/mol. The van der Waals surface area contributed by atoms with Gasteiger partial charge in [-0.05, 0) is 79.8 Å². The lowest BCUT2D eigenvalue weighted by Gasteiger charge is -2.12. The summed E-state index contributed by atoms with van der Waals surface area (Å²) >= 11 is 0. The average Bonchev–Trinajstić information content (AvgIpc) is 3.64. The lowest BCUT2D eigenvalue weighted by atomic mass is 10.0. The number of pyridine rings is 1. The molecule has 0 amide bonds. The van der Waals surface area contributed by atoms with E-state index in [9.17, 15) is 23.4 Å². The molecule has 10 nitrogen and oxygen atoms in total. The number of rotatable bonds is 14. The number of sulfonamides is 1. The van der Waals surface area contributed by atoms with E-state index in [1.807, 2.05) is 18.2 Å². The zero-order valence-electron chi connectivity index (χ0n) is 24.1. The minimum absolute atomic E-state index is 0.0602. The lowest BCUT2D eigenvalue weighted by Crippen LogP contribution is -2.23. The molecule has 2 aromatic carbocycles. The number of nitrogens with zero attached hydrogens (tertiary/aromatic N) is 3. The van der Waals surface area contributed by atoms with E-state index in [0.717, 1.165) is 24.0 Å². The molecule has 228 valence electrons. The number of imidazole rings is 1. The first-order valence-corrected chi connectivity index (χ1v) is 16.3. The predicted molar refractivity (Wildman–Crippen MR) is 166 cm³/mol. The normalized spacial score (nSPS) is 14.6. The van der Waals surface area contributed by atoms with Crippen LogP contribution in [0.25, 0.3) is 5.69 Å². The van der Waals surface area contributed by atoms with E-state index in [2.05, 4.69) is 15.0 Å². The number of hydrogen-bond acceptors (Lipinski definition) is 7. The van der Waals surface area contributed by atoms with E-state index < -0.39 is 16.1 Å². The molecule has 1 fully saturated rings. The van der Waals surface area contributed by atoms with Crippen LogP contribution in [0, 0.1) is 5.92 Å². The molecule has 0 radical (unpaired) electrons. The Labute approximate surface area is 252 Å². The minimum atomic E-state index is -3.85. The number of aliphatic hydroxyl groups excluding tert-OH is 1. The summed E-state index contributed by atoms with van der Waals surface area (Å²) in [6.07, 6.45) is 11.7. The van der Waals surface area contributed by atoms with E-state index >= 15 is 0 Å². The largest absolute Gasteiger partial charge is 0.493 e. The lowest BCUT2D eigenvalue weighted by molar-refractivity contribution is 0.174. The summed E-state index contributed by atoms with van der Waals surface area (Å²) in [6.45, 7) is 1.51. The number of nitrogens with one attached hydrogen (secondary N) is 2. The Kier molecular flexibility index (Phi) is 9.96. The molecule has 43 heavy (non-hydrogen) atoms. The van der Waals surface area contributed by atoms with Gasteiger partial charge in [0.1, 0.15) is 0 Å². The van der Waals surface area contributed by atoms with Crippen molar-refractivity contribution >= 4 is 15.7 Å². The van der Waals surface area contributed by atoms with Crippen LogP contribution in [0.4, 0.5) is 5.69 Å². The van der Waals surface area contributed by atoms with Gasteiger partial charge in [0.05, 0.1) is 22.9 Å². The molecule has 0 aliphatic heterocycles. The maximum absolute atomic E-state index is 13.0. The standard InChI is InChI=1S/C32H39N5O5S/c38-30(26-8-3-18-33-21-26)22-34-19-17-25-9-11-27(12-10-25)35-43(41,42)29-15-13-28(14-16-29)37-23-31(39)36(32(37)40)20-4-7-24-5-1-2-6-24/h3,8-16,18,21,23-24,30,34-35,38-39H,1-2,4-7,17,19-20,22H2. The van der Waals surface area contributed by atoms with Crippen molar-refractivity contribution in [2.45, 2.75) is 62.5 Å². The van der Waals surface area contributed by atoms with Crippen LogP contribution in [0.3, 0.4) is 0 Å². The minimum Gasteiger partial charge on any atom is -0.493 e. The van der Waals surface area contributed by atoms with Crippen molar-refractivity contribution in [2.75, 3.05) is 17.8 Å². The number of hydrogen-bond donors (Lipinski definition) is 4. The smallest absolute Gasteiger partial charge is 0.335 e. The third-order valence-electron chi connectivity index (χ3n) is 8.06. The SMILES string of the molecule is O=c1n(-c2ccc(S(=O)(=O)Nc3ccc(CCNCC(O)c4cccnc4)cc3)cc2)cc(O)n1CCCC1CCCC1. The van der Waals surface area contributed by atoms with Gasteiger partial charge in [-0.25, -0.2) is 13.2 Å². The number of aromatic nitrogens is 3. The molecule has 0 spiro atoms. The third kappa shape index (κ3) is 7.92. The summed E-state index contributed by atoms with van der Waals surface area (Å²) in [7, 11) is -3.85. The predicted octanol–water partition coefficient (Wildman–Crippen LogP) is 4.38. The van der Waals surface area contributed by atoms with Crippen molar-refractivity contribution in [1.82, 2.24) is 19.4 Å². The van der Waals surface area contributed by atoms with Crippen LogP contribution in [-0.4, -0.2) is 45.8 Å². The summed E-state index contributed by atoms with van der Waals surface area (Å²) in [6, 6.07) is 16.8. The maximum Gasteiger partial charge on any atom is 0.335 e. The van der Waals surface area contributed by atoms with Gasteiger partial charge in [0.15, 0.2) is 0 Å². The van der Waals surface area contributed by atoms with E-state index in [0.29, 0.717) is 43.3 Å². The Morgan fingerprint density at radius 3 is 2.47 bits per heavy atom. The Morgan fingerprint density at radius 1 is 1.02 bits per heavy atom. The molecular weight excluding hydrogens is 566 g/mol. The van der Waals surface area contributed by atoms with Crippen LogP contribution in [0.1, 0.15) is 55.8 Å². The molecule has 0 bridgehead atoms. The molecular formula is C32H39N5O5S. The van der Waals surface area contributed by atoms with E-state index in [1.54, 1.807) is 42.7 Å². The molecule has 2 aromatic heterocycles. The van der Waals surface area contributed by atoms with Gasteiger partial charge >= 0.3 is 5.69 Å². The van der Waals surface area contributed by atoms with Crippen molar-refractivity contribution in [2.24, 2.45) is 5.92 Å². The number of aromatic hydroxyl groups is 1. The fraction of sp³-hybridized carbons (Fsp3) is 0.375. The van der Waals surface area contributed by atoms with Crippen molar-refractivity contribution in [1.29, 1.82) is 0 Å². The van der Waals surface area contributed by atoms with Crippen LogP contribution < -0.4 is 15.7 Å². The van der Waals surface area contributed by atoms with Crippen LogP contribution in [0.2, 0.25) is 0 Å². The molecule has 5 rings (SSSR count). The zero-order chi connectivity index (χ0) is 30.2. The highest BCUT2D eigenvalue weighted by atomic mass is 32.2. The van der Waals surface area contributed by atoms with Crippen molar-refractivity contribution in [3.63, 3.8) is 0 Å². The fourth-order valence-electron chi connectivity index (χ4n) is 5.60. The Morgan fingerprint density at radius 2 is 1.77 bits per heavy atom. The molecule has 0 saturated heterocycles. The Bertz CT molecular complexity index is 1630. The first kappa shape index (κ1) is 30.5. The van der Waals surface area contributed by atoms with Gasteiger partial charge in [-0.15, -0.1) is 0 Å². The number of anilines is 1. The van der Waals surface area contributed by atoms with Gasteiger partial charge in [0.25, 0.3) is 10.0 Å². The topological polar surface area (TPSA) is 138 Å². The second-order valence-electron chi connectivity index (χ2n) is 11.1. The third-order valence-corrected chi connectivity index (χ3v) is 9.45. The fourth-order valence-corrected chi connectivity index (χ4v) is 6.66. The van der Waals surface area contributed by atoms with Gasteiger partial charge in [-0.2, -0.15) is 0 Å². The molecule has 4 N–H and O–H groups in total. The van der Waals surface area contributed by atoms with Gasteiger partial charge in [-0.1, -0.05) is 43.9 Å². The molecule has 4 aromatic rings. The van der Waals surface area contributed by atoms with Gasteiger partial charge in [0.2, 0.25) is 5.88 Å². The number of aliphatic hydroxyl groups is 1. The second-order valence-corrected chi connectivity index (χ2v) is 12.8. The quantitative estimate of drug-likeness (QED) is 0.157. The maximum atomic E-state index is 13.0. The zero-order valence-corrected chi connectivity index (χ0v) is 24.9. The van der Waals surface area contributed by atoms with Crippen molar-refractivity contribution in [3.05, 3.63) is 101 Å². The van der Waals surface area contributed by atoms with Crippen LogP contribution >= 0.6 is 0 Å². The molecule has 11 heteroatoms. The van der Waals surface area contributed by atoms with E-state index in [4.69, 9.17) is 0 Å². The summed E-state index contributed by atoms with van der Waals surface area (Å²) < 4.78 is 31.3. The molecule has 1 aliphatic rings. The van der Waals surface area contributed by atoms with Crippen molar-refractivity contribution in [3.8, 4) is 11.6 Å². The van der Waals surface area contributed by atoms with Gasteiger partial charge in [-0.3, -0.25) is 18.8 Å². The average molecular weight is 606 g/mol. The number of benzene rings is 2. The molecule has 1 aliphatic carbocycles. The Hall–Kier alpha value is -3.93. The summed E-state index contributed by atoms with van der Waals surface area (Å²) in [4.78, 5) is 17.0. The summed E-state index contributed by atoms with van der Waals surface area (Å²) in [5.41, 5.74) is 2.34. The van der Waals surface area contributed by atoms with Crippen LogP contribution in [0.5, 0.6) is 5.88 Å². The molecule has 2 heterocycles. The molecule has 1 atom stereocenters. The first-order chi connectivity index (χ1) is 20.8. The van der Waals surface area contributed by atoms with E-state index in [-0.39, 0.29) is 16.5 Å². The van der Waals surface area contributed by atoms with Gasteiger partial charge < -0.3 is 15.5 Å². The van der Waals surface area contributed by atoms with Crippen molar-refractivity contribution < 1.29 is 18.6 Å². The first-order valence-electron chi connectivity index (χ1n) is 14.8. The molecule has 1 saturated carbocycles. The highest BCUT2D eigenvalue weighted by Gasteiger charge is 2.18. The summed E-state index contributed by atoms with van der Waals surface area (Å²) in [5.74, 6) is 0.615.